The van der Waals surface area contributed by atoms with Crippen LogP contribution >= 0.6 is 0 Å². The second-order valence-corrected chi connectivity index (χ2v) is 7.56. The van der Waals surface area contributed by atoms with E-state index in [1.165, 1.54) is 24.0 Å². The molecule has 0 bridgehead atoms. The van der Waals surface area contributed by atoms with Crippen molar-refractivity contribution < 1.29 is 14.0 Å². The van der Waals surface area contributed by atoms with Crippen LogP contribution in [0.25, 0.3) is 0 Å². The molecule has 2 saturated heterocycles. The van der Waals surface area contributed by atoms with Gasteiger partial charge in [0.15, 0.2) is 0 Å². The third kappa shape index (κ3) is 2.84. The van der Waals surface area contributed by atoms with Crippen molar-refractivity contribution in [3.05, 3.63) is 29.3 Å². The van der Waals surface area contributed by atoms with Gasteiger partial charge in [0.1, 0.15) is 0 Å². The van der Waals surface area contributed by atoms with Gasteiger partial charge in [-0.05, 0) is 70.5 Å². The molecule has 1 atom stereocenters. The molecule has 1 unspecified atom stereocenters. The van der Waals surface area contributed by atoms with Crippen LogP contribution < -0.4 is 5.46 Å². The molecule has 120 valence electrons. The van der Waals surface area contributed by atoms with Crippen molar-refractivity contribution in [3.63, 3.8) is 0 Å². The van der Waals surface area contributed by atoms with Gasteiger partial charge in [0.2, 0.25) is 0 Å². The molecule has 4 heteroatoms. The summed E-state index contributed by atoms with van der Waals surface area (Å²) >= 11 is 0. The zero-order valence-electron chi connectivity index (χ0n) is 14.4. The van der Waals surface area contributed by atoms with Gasteiger partial charge in [0.25, 0.3) is 0 Å². The average molecular weight is 302 g/mol. The number of benzene rings is 1. The standard InChI is InChI=1S/C18H27BO3/c1-13-12-14(19-21-17(2,3)18(4,5)22-19)9-10-15(13)16-8-6-7-11-20-16/h9-10,12,16H,6-8,11H2,1-5H3. The first kappa shape index (κ1) is 16.0. The van der Waals surface area contributed by atoms with Gasteiger partial charge in [0, 0.05) is 6.61 Å². The third-order valence-electron chi connectivity index (χ3n) is 5.35. The molecule has 2 aliphatic rings. The van der Waals surface area contributed by atoms with E-state index in [4.69, 9.17) is 14.0 Å². The van der Waals surface area contributed by atoms with Crippen LogP contribution in [0.15, 0.2) is 18.2 Å². The zero-order valence-corrected chi connectivity index (χ0v) is 14.4. The third-order valence-corrected chi connectivity index (χ3v) is 5.35. The molecule has 22 heavy (non-hydrogen) atoms. The molecule has 1 aromatic rings. The van der Waals surface area contributed by atoms with Crippen molar-refractivity contribution in [1.82, 2.24) is 0 Å². The predicted octanol–water partition coefficient (Wildman–Crippen LogP) is 3.54. The quantitative estimate of drug-likeness (QED) is 0.782. The molecule has 0 radical (unpaired) electrons. The molecular formula is C18H27BO3. The summed E-state index contributed by atoms with van der Waals surface area (Å²) in [6.45, 7) is 11.4. The van der Waals surface area contributed by atoms with E-state index in [1.807, 2.05) is 0 Å². The van der Waals surface area contributed by atoms with Crippen molar-refractivity contribution in [2.75, 3.05) is 6.61 Å². The van der Waals surface area contributed by atoms with Crippen LogP contribution in [0.2, 0.25) is 0 Å². The number of aryl methyl sites for hydroxylation is 1. The highest BCUT2D eigenvalue weighted by Crippen LogP contribution is 2.37. The summed E-state index contributed by atoms with van der Waals surface area (Å²) in [5.74, 6) is 0. The molecule has 2 fully saturated rings. The van der Waals surface area contributed by atoms with Gasteiger partial charge in [-0.1, -0.05) is 18.2 Å². The maximum Gasteiger partial charge on any atom is 0.494 e. The van der Waals surface area contributed by atoms with Crippen LogP contribution in [0.5, 0.6) is 0 Å². The van der Waals surface area contributed by atoms with Crippen LogP contribution in [-0.4, -0.2) is 24.9 Å². The zero-order chi connectivity index (χ0) is 16.0. The lowest BCUT2D eigenvalue weighted by Gasteiger charge is -2.32. The molecule has 0 saturated carbocycles. The maximum atomic E-state index is 6.14. The van der Waals surface area contributed by atoms with E-state index in [9.17, 15) is 0 Å². The van der Waals surface area contributed by atoms with Crippen LogP contribution in [0.1, 0.15) is 64.2 Å². The minimum absolute atomic E-state index is 0.251. The molecule has 2 aliphatic heterocycles. The first-order valence-electron chi connectivity index (χ1n) is 8.38. The lowest BCUT2D eigenvalue weighted by molar-refractivity contribution is 0.00578. The summed E-state index contributed by atoms with van der Waals surface area (Å²) in [7, 11) is -0.287. The fourth-order valence-corrected chi connectivity index (χ4v) is 3.17. The highest BCUT2D eigenvalue weighted by Gasteiger charge is 2.51. The highest BCUT2D eigenvalue weighted by molar-refractivity contribution is 6.62. The Bertz CT molecular complexity index is 531. The Balaban J connectivity index is 1.81. The number of ether oxygens (including phenoxy) is 1. The van der Waals surface area contributed by atoms with Crippen molar-refractivity contribution in [2.24, 2.45) is 0 Å². The minimum Gasteiger partial charge on any atom is -0.399 e. The lowest BCUT2D eigenvalue weighted by Crippen LogP contribution is -2.41. The Morgan fingerprint density at radius 3 is 2.27 bits per heavy atom. The Hall–Kier alpha value is -0.835. The lowest BCUT2D eigenvalue weighted by atomic mass is 9.77. The molecule has 0 amide bonds. The SMILES string of the molecule is Cc1cc(B2OC(C)(C)C(C)(C)O2)ccc1C1CCCCO1. The molecule has 0 spiro atoms. The summed E-state index contributed by atoms with van der Waals surface area (Å²) in [6, 6.07) is 6.50. The van der Waals surface area contributed by atoms with Crippen LogP contribution in [-0.2, 0) is 14.0 Å². The molecule has 1 aromatic carbocycles. The largest absolute Gasteiger partial charge is 0.494 e. The summed E-state index contributed by atoms with van der Waals surface area (Å²) in [6.07, 6.45) is 3.81. The molecule has 0 N–H and O–H groups in total. The summed E-state index contributed by atoms with van der Waals surface area (Å²) < 4.78 is 18.2. The minimum atomic E-state index is -0.295. The van der Waals surface area contributed by atoms with E-state index in [-0.39, 0.29) is 24.4 Å². The Labute approximate surface area is 134 Å². The predicted molar refractivity (Wildman–Crippen MR) is 89.4 cm³/mol. The Morgan fingerprint density at radius 2 is 1.73 bits per heavy atom. The van der Waals surface area contributed by atoms with Crippen LogP contribution in [0.4, 0.5) is 0 Å². The van der Waals surface area contributed by atoms with E-state index in [0.29, 0.717) is 0 Å². The first-order valence-corrected chi connectivity index (χ1v) is 8.38. The maximum absolute atomic E-state index is 6.14. The van der Waals surface area contributed by atoms with Crippen molar-refractivity contribution in [3.8, 4) is 0 Å². The summed E-state index contributed by atoms with van der Waals surface area (Å²) in [4.78, 5) is 0. The van der Waals surface area contributed by atoms with Gasteiger partial charge in [0.05, 0.1) is 17.3 Å². The number of rotatable bonds is 2. The van der Waals surface area contributed by atoms with Crippen molar-refractivity contribution in [1.29, 1.82) is 0 Å². The average Bonchev–Trinajstić information content (AvgIpc) is 2.68. The van der Waals surface area contributed by atoms with E-state index in [1.54, 1.807) is 0 Å². The van der Waals surface area contributed by atoms with Gasteiger partial charge in [-0.3, -0.25) is 0 Å². The van der Waals surface area contributed by atoms with Crippen LogP contribution in [0, 0.1) is 6.92 Å². The van der Waals surface area contributed by atoms with E-state index < -0.39 is 0 Å². The Kier molecular flexibility index (Phi) is 4.13. The molecule has 3 nitrogen and oxygen atoms in total. The van der Waals surface area contributed by atoms with E-state index >= 15 is 0 Å². The highest BCUT2D eigenvalue weighted by atomic mass is 16.7. The fourth-order valence-electron chi connectivity index (χ4n) is 3.17. The summed E-state index contributed by atoms with van der Waals surface area (Å²) in [5.41, 5.74) is 3.07. The molecular weight excluding hydrogens is 275 g/mol. The second-order valence-electron chi connectivity index (χ2n) is 7.56. The molecule has 0 aliphatic carbocycles. The van der Waals surface area contributed by atoms with E-state index in [2.05, 4.69) is 52.8 Å². The molecule has 0 aromatic heterocycles. The second kappa shape index (κ2) is 5.66. The van der Waals surface area contributed by atoms with Crippen molar-refractivity contribution in [2.45, 2.75) is 71.2 Å². The Morgan fingerprint density at radius 1 is 1.05 bits per heavy atom. The monoisotopic (exact) mass is 302 g/mol. The molecule has 3 rings (SSSR count). The fraction of sp³-hybridized carbons (Fsp3) is 0.667. The van der Waals surface area contributed by atoms with Gasteiger partial charge < -0.3 is 14.0 Å². The number of hydrogen-bond acceptors (Lipinski definition) is 3. The summed E-state index contributed by atoms with van der Waals surface area (Å²) in [5, 5.41) is 0. The first-order chi connectivity index (χ1) is 10.3. The van der Waals surface area contributed by atoms with Gasteiger partial charge >= 0.3 is 7.12 Å². The van der Waals surface area contributed by atoms with Gasteiger partial charge in [-0.2, -0.15) is 0 Å². The van der Waals surface area contributed by atoms with Crippen molar-refractivity contribution >= 4 is 12.6 Å². The molecule has 2 heterocycles. The van der Waals surface area contributed by atoms with Crippen LogP contribution in [0.3, 0.4) is 0 Å². The normalized spacial score (nSPS) is 27.1. The topological polar surface area (TPSA) is 27.7 Å². The van der Waals surface area contributed by atoms with E-state index in [0.717, 1.165) is 18.5 Å². The smallest absolute Gasteiger partial charge is 0.399 e. The van der Waals surface area contributed by atoms with Gasteiger partial charge in [-0.15, -0.1) is 0 Å². The number of hydrogen-bond donors (Lipinski definition) is 0. The van der Waals surface area contributed by atoms with Gasteiger partial charge in [-0.25, -0.2) is 0 Å².